The molecule has 0 saturated heterocycles. The molecule has 1 aromatic carbocycles. The van der Waals surface area contributed by atoms with E-state index in [2.05, 4.69) is 12.1 Å². The Morgan fingerprint density at radius 2 is 2.23 bits per heavy atom. The van der Waals surface area contributed by atoms with Crippen LogP contribution in [-0.2, 0) is 6.42 Å². The molecule has 0 heterocycles. The van der Waals surface area contributed by atoms with Crippen molar-refractivity contribution in [1.29, 1.82) is 0 Å². The number of rotatable bonds is 2. The van der Waals surface area contributed by atoms with E-state index in [-0.39, 0.29) is 0 Å². The molecule has 0 fully saturated rings. The van der Waals surface area contributed by atoms with Crippen molar-refractivity contribution in [3.8, 4) is 5.75 Å². The third kappa shape index (κ3) is 1.33. The Morgan fingerprint density at radius 1 is 1.38 bits per heavy atom. The molecule has 68 valence electrons. The summed E-state index contributed by atoms with van der Waals surface area (Å²) in [4.78, 5) is 0. The Morgan fingerprint density at radius 3 is 3.00 bits per heavy atom. The van der Waals surface area contributed by atoms with E-state index < -0.39 is 0 Å². The molecule has 1 aromatic rings. The molecule has 0 unspecified atom stereocenters. The van der Waals surface area contributed by atoms with Gasteiger partial charge in [-0.25, -0.2) is 0 Å². The Hall–Kier alpha value is -1.28. The number of allylic oxidation sites excluding steroid dienone is 1. The third-order valence-electron chi connectivity index (χ3n) is 2.43. The van der Waals surface area contributed by atoms with Crippen LogP contribution in [0.2, 0.25) is 0 Å². The fraction of sp³-hybridized carbons (Fsp3) is 0.273. The molecule has 0 bridgehead atoms. The average molecular weight is 175 g/mol. The molecular formula is C11H13NO. The minimum absolute atomic E-state index is 0.384. The van der Waals surface area contributed by atoms with Crippen LogP contribution in [0.1, 0.15) is 17.5 Å². The highest BCUT2D eigenvalue weighted by atomic mass is 16.3. The molecule has 0 aliphatic heterocycles. The average Bonchev–Trinajstić information content (AvgIpc) is 2.51. The van der Waals surface area contributed by atoms with Crippen LogP contribution in [0.3, 0.4) is 0 Å². The van der Waals surface area contributed by atoms with Gasteiger partial charge in [0.15, 0.2) is 0 Å². The van der Waals surface area contributed by atoms with Gasteiger partial charge in [-0.2, -0.15) is 0 Å². The van der Waals surface area contributed by atoms with Crippen LogP contribution < -0.4 is 5.73 Å². The second kappa shape index (κ2) is 3.23. The van der Waals surface area contributed by atoms with Crippen LogP contribution in [0.5, 0.6) is 5.75 Å². The van der Waals surface area contributed by atoms with Gasteiger partial charge >= 0.3 is 0 Å². The number of fused-ring (bicyclic) bond motifs is 1. The molecule has 2 rings (SSSR count). The molecule has 1 aliphatic rings. The molecule has 0 radical (unpaired) electrons. The van der Waals surface area contributed by atoms with Crippen molar-refractivity contribution in [2.75, 3.05) is 6.54 Å². The summed E-state index contributed by atoms with van der Waals surface area (Å²) in [5.41, 5.74) is 8.90. The van der Waals surface area contributed by atoms with Gasteiger partial charge in [0.05, 0.1) is 0 Å². The molecular weight excluding hydrogens is 162 g/mol. The summed E-state index contributed by atoms with van der Waals surface area (Å²) in [6.45, 7) is 0.638. The standard InChI is InChI=1S/C11H13NO/c12-7-6-9-5-4-8-2-1-3-10(13)11(8)9/h1-3,5,13H,4,6-7,12H2. The van der Waals surface area contributed by atoms with E-state index in [1.54, 1.807) is 6.07 Å². The van der Waals surface area contributed by atoms with E-state index in [9.17, 15) is 5.11 Å². The van der Waals surface area contributed by atoms with Crippen molar-refractivity contribution in [3.63, 3.8) is 0 Å². The van der Waals surface area contributed by atoms with E-state index in [0.717, 1.165) is 18.4 Å². The van der Waals surface area contributed by atoms with Crippen LogP contribution in [0, 0.1) is 0 Å². The molecule has 0 amide bonds. The topological polar surface area (TPSA) is 46.2 Å². The highest BCUT2D eigenvalue weighted by Crippen LogP contribution is 2.35. The molecule has 0 spiro atoms. The summed E-state index contributed by atoms with van der Waals surface area (Å²) >= 11 is 0. The fourth-order valence-corrected chi connectivity index (χ4v) is 1.85. The first-order valence-corrected chi connectivity index (χ1v) is 4.53. The lowest BCUT2D eigenvalue weighted by Crippen LogP contribution is -1.99. The number of hydrogen-bond acceptors (Lipinski definition) is 2. The minimum Gasteiger partial charge on any atom is -0.507 e. The molecule has 0 atom stereocenters. The smallest absolute Gasteiger partial charge is 0.123 e. The van der Waals surface area contributed by atoms with Gasteiger partial charge in [0, 0.05) is 5.56 Å². The van der Waals surface area contributed by atoms with E-state index >= 15 is 0 Å². The van der Waals surface area contributed by atoms with Gasteiger partial charge < -0.3 is 10.8 Å². The quantitative estimate of drug-likeness (QED) is 0.718. The van der Waals surface area contributed by atoms with Gasteiger partial charge in [0.2, 0.25) is 0 Å². The van der Waals surface area contributed by atoms with Gasteiger partial charge in [0.25, 0.3) is 0 Å². The van der Waals surface area contributed by atoms with E-state index in [1.807, 2.05) is 6.07 Å². The summed E-state index contributed by atoms with van der Waals surface area (Å²) in [6.07, 6.45) is 3.93. The summed E-state index contributed by atoms with van der Waals surface area (Å²) in [5, 5.41) is 9.65. The molecule has 0 saturated carbocycles. The Kier molecular flexibility index (Phi) is 2.07. The normalized spacial score (nSPS) is 14.1. The van der Waals surface area contributed by atoms with Crippen molar-refractivity contribution in [2.24, 2.45) is 5.73 Å². The first kappa shape index (κ1) is 8.32. The lowest BCUT2D eigenvalue weighted by Gasteiger charge is -2.06. The SMILES string of the molecule is NCCC1=CCc2cccc(O)c21. The predicted octanol–water partition coefficient (Wildman–Crippen LogP) is 1.68. The highest BCUT2D eigenvalue weighted by Gasteiger charge is 2.16. The lowest BCUT2D eigenvalue weighted by atomic mass is 10.0. The van der Waals surface area contributed by atoms with E-state index in [4.69, 9.17) is 5.73 Å². The maximum absolute atomic E-state index is 9.65. The Balaban J connectivity index is 2.42. The number of phenols is 1. The number of aromatic hydroxyl groups is 1. The van der Waals surface area contributed by atoms with Gasteiger partial charge in [0.1, 0.15) is 5.75 Å². The Bertz CT molecular complexity index is 355. The molecule has 1 aliphatic carbocycles. The lowest BCUT2D eigenvalue weighted by molar-refractivity contribution is 0.473. The van der Waals surface area contributed by atoms with Gasteiger partial charge in [-0.3, -0.25) is 0 Å². The highest BCUT2D eigenvalue weighted by molar-refractivity contribution is 5.77. The third-order valence-corrected chi connectivity index (χ3v) is 2.43. The molecule has 2 nitrogen and oxygen atoms in total. The second-order valence-corrected chi connectivity index (χ2v) is 3.28. The van der Waals surface area contributed by atoms with Crippen molar-refractivity contribution < 1.29 is 5.11 Å². The first-order chi connectivity index (χ1) is 6.33. The zero-order valence-electron chi connectivity index (χ0n) is 7.46. The number of phenolic OH excluding ortho intramolecular Hbond substituents is 1. The minimum atomic E-state index is 0.384. The number of hydrogen-bond donors (Lipinski definition) is 2. The van der Waals surface area contributed by atoms with Crippen molar-refractivity contribution >= 4 is 5.57 Å². The van der Waals surface area contributed by atoms with Gasteiger partial charge in [-0.15, -0.1) is 0 Å². The molecule has 0 aromatic heterocycles. The number of nitrogens with two attached hydrogens (primary N) is 1. The second-order valence-electron chi connectivity index (χ2n) is 3.28. The summed E-state index contributed by atoms with van der Waals surface area (Å²) in [7, 11) is 0. The predicted molar refractivity (Wildman–Crippen MR) is 53.5 cm³/mol. The van der Waals surface area contributed by atoms with Crippen LogP contribution in [0.4, 0.5) is 0 Å². The van der Waals surface area contributed by atoms with E-state index in [1.165, 1.54) is 11.1 Å². The molecule has 13 heavy (non-hydrogen) atoms. The Labute approximate surface area is 77.7 Å². The number of benzene rings is 1. The van der Waals surface area contributed by atoms with Gasteiger partial charge in [-0.1, -0.05) is 18.2 Å². The fourth-order valence-electron chi connectivity index (χ4n) is 1.85. The van der Waals surface area contributed by atoms with Crippen LogP contribution in [0.15, 0.2) is 24.3 Å². The summed E-state index contributed by atoms with van der Waals surface area (Å²) in [6, 6.07) is 5.66. The van der Waals surface area contributed by atoms with Crippen LogP contribution >= 0.6 is 0 Å². The largest absolute Gasteiger partial charge is 0.507 e. The monoisotopic (exact) mass is 175 g/mol. The van der Waals surface area contributed by atoms with Crippen molar-refractivity contribution in [3.05, 3.63) is 35.4 Å². The first-order valence-electron chi connectivity index (χ1n) is 4.53. The van der Waals surface area contributed by atoms with E-state index in [0.29, 0.717) is 12.3 Å². The maximum Gasteiger partial charge on any atom is 0.123 e. The zero-order valence-corrected chi connectivity index (χ0v) is 7.46. The molecule has 2 heteroatoms. The molecule has 3 N–H and O–H groups in total. The maximum atomic E-state index is 9.65. The van der Waals surface area contributed by atoms with Crippen LogP contribution in [0.25, 0.3) is 5.57 Å². The zero-order chi connectivity index (χ0) is 9.26. The summed E-state index contributed by atoms with van der Waals surface area (Å²) < 4.78 is 0. The van der Waals surface area contributed by atoms with Crippen molar-refractivity contribution in [1.82, 2.24) is 0 Å². The van der Waals surface area contributed by atoms with Gasteiger partial charge in [-0.05, 0) is 36.6 Å². The van der Waals surface area contributed by atoms with Crippen molar-refractivity contribution in [2.45, 2.75) is 12.8 Å². The summed E-state index contributed by atoms with van der Waals surface area (Å²) in [5.74, 6) is 0.384. The van der Waals surface area contributed by atoms with Crippen LogP contribution in [-0.4, -0.2) is 11.7 Å².